The number of rotatable bonds is 6. The fraction of sp³-hybridized carbons (Fsp3) is 0.562. The van der Waals surface area contributed by atoms with Crippen LogP contribution in [-0.4, -0.2) is 56.2 Å². The predicted octanol–water partition coefficient (Wildman–Crippen LogP) is 2.22. The Morgan fingerprint density at radius 1 is 1.48 bits per heavy atom. The highest BCUT2D eigenvalue weighted by molar-refractivity contribution is 7.91. The third-order valence-corrected chi connectivity index (χ3v) is 6.01. The van der Waals surface area contributed by atoms with Crippen LogP contribution in [0, 0.1) is 6.92 Å². The molecule has 128 valence electrons. The molecule has 1 saturated heterocycles. The van der Waals surface area contributed by atoms with E-state index in [4.69, 9.17) is 17.0 Å². The van der Waals surface area contributed by atoms with E-state index in [1.165, 1.54) is 0 Å². The van der Waals surface area contributed by atoms with Crippen molar-refractivity contribution in [1.29, 1.82) is 0 Å². The molecule has 2 rings (SSSR count). The van der Waals surface area contributed by atoms with Crippen LogP contribution in [0.2, 0.25) is 0 Å². The summed E-state index contributed by atoms with van der Waals surface area (Å²) in [6.07, 6.45) is 1.44. The van der Waals surface area contributed by atoms with Crippen LogP contribution >= 0.6 is 12.2 Å². The van der Waals surface area contributed by atoms with Gasteiger partial charge in [0.15, 0.2) is 14.9 Å². The van der Waals surface area contributed by atoms with Crippen LogP contribution in [0.4, 0.5) is 5.69 Å². The molecule has 1 aliphatic rings. The van der Waals surface area contributed by atoms with Gasteiger partial charge in [0.1, 0.15) is 0 Å². The number of anilines is 1. The Labute approximate surface area is 143 Å². The van der Waals surface area contributed by atoms with Crippen molar-refractivity contribution in [3.8, 4) is 0 Å². The average molecular weight is 357 g/mol. The second kappa shape index (κ2) is 8.08. The molecule has 1 aromatic rings. The van der Waals surface area contributed by atoms with E-state index >= 15 is 0 Å². The van der Waals surface area contributed by atoms with Crippen LogP contribution in [0.25, 0.3) is 0 Å². The van der Waals surface area contributed by atoms with Crippen molar-refractivity contribution in [2.24, 2.45) is 0 Å². The summed E-state index contributed by atoms with van der Waals surface area (Å²) < 4.78 is 28.7. The predicted molar refractivity (Wildman–Crippen MR) is 97.7 cm³/mol. The third-order valence-electron chi connectivity index (χ3n) is 3.93. The molecule has 1 heterocycles. The second-order valence-electron chi connectivity index (χ2n) is 5.90. The number of nitrogens with zero attached hydrogens (tertiary/aromatic N) is 1. The van der Waals surface area contributed by atoms with Crippen molar-refractivity contribution < 1.29 is 13.2 Å². The minimum atomic E-state index is -2.94. The fourth-order valence-corrected chi connectivity index (χ4v) is 4.86. The molecule has 0 unspecified atom stereocenters. The lowest BCUT2D eigenvalue weighted by Crippen LogP contribution is -2.44. The van der Waals surface area contributed by atoms with E-state index in [1.54, 1.807) is 7.11 Å². The molecule has 1 aliphatic heterocycles. The van der Waals surface area contributed by atoms with Crippen molar-refractivity contribution in [2.75, 3.05) is 37.1 Å². The summed E-state index contributed by atoms with van der Waals surface area (Å²) in [6.45, 7) is 3.34. The molecule has 0 aliphatic carbocycles. The number of thiocarbonyl (C=S) groups is 1. The molecule has 0 radical (unpaired) electrons. The second-order valence-corrected chi connectivity index (χ2v) is 8.51. The molecular formula is C16H24N2O3S2. The maximum Gasteiger partial charge on any atom is 0.173 e. The van der Waals surface area contributed by atoms with Gasteiger partial charge in [0.2, 0.25) is 0 Å². The van der Waals surface area contributed by atoms with Crippen molar-refractivity contribution >= 4 is 32.9 Å². The van der Waals surface area contributed by atoms with Gasteiger partial charge >= 0.3 is 0 Å². The first kappa shape index (κ1) is 18.2. The van der Waals surface area contributed by atoms with E-state index < -0.39 is 9.84 Å². The normalized spacial score (nSPS) is 19.5. The number of nitrogens with one attached hydrogen (secondary N) is 1. The summed E-state index contributed by atoms with van der Waals surface area (Å²) in [5.41, 5.74) is 2.07. The Hall–Kier alpha value is -1.18. The Balaban J connectivity index is 2.07. The topological polar surface area (TPSA) is 58.6 Å². The number of methoxy groups -OCH3 is 1. The van der Waals surface area contributed by atoms with Crippen LogP contribution in [0.1, 0.15) is 18.4 Å². The van der Waals surface area contributed by atoms with Gasteiger partial charge in [0, 0.05) is 32.0 Å². The molecule has 1 aromatic carbocycles. The standard InChI is InChI=1S/C16H24N2O3S2/c1-13-5-3-6-14(11-13)17-16(22)18(8-4-9-21-2)15-7-10-23(19,20)12-15/h3,5-6,11,15H,4,7-10,12H2,1-2H3,(H,17,22)/t15-/m1/s1. The van der Waals surface area contributed by atoms with Crippen LogP contribution < -0.4 is 5.32 Å². The van der Waals surface area contributed by atoms with Crippen LogP contribution in [-0.2, 0) is 14.6 Å². The smallest absolute Gasteiger partial charge is 0.173 e. The molecule has 0 aromatic heterocycles. The first-order valence-corrected chi connectivity index (χ1v) is 9.98. The Bertz CT molecular complexity index is 646. The molecule has 0 bridgehead atoms. The number of aryl methyl sites for hydroxylation is 1. The highest BCUT2D eigenvalue weighted by atomic mass is 32.2. The minimum absolute atomic E-state index is 0.0540. The highest BCUT2D eigenvalue weighted by Gasteiger charge is 2.33. The molecule has 7 heteroatoms. The van der Waals surface area contributed by atoms with Gasteiger partial charge in [-0.25, -0.2) is 8.42 Å². The summed E-state index contributed by atoms with van der Waals surface area (Å²) in [7, 11) is -1.28. The van der Waals surface area contributed by atoms with Gasteiger partial charge in [0.25, 0.3) is 0 Å². The maximum absolute atomic E-state index is 11.8. The summed E-state index contributed by atoms with van der Waals surface area (Å²) in [4.78, 5) is 2.00. The molecule has 23 heavy (non-hydrogen) atoms. The monoisotopic (exact) mass is 356 g/mol. The molecule has 5 nitrogen and oxygen atoms in total. The number of hydrogen-bond donors (Lipinski definition) is 1. The first-order valence-electron chi connectivity index (χ1n) is 7.75. The van der Waals surface area contributed by atoms with Crippen molar-refractivity contribution in [1.82, 2.24) is 4.90 Å². The van der Waals surface area contributed by atoms with Crippen LogP contribution in [0.3, 0.4) is 0 Å². The lowest BCUT2D eigenvalue weighted by atomic mass is 10.2. The van der Waals surface area contributed by atoms with E-state index in [0.717, 1.165) is 17.7 Å². The van der Waals surface area contributed by atoms with E-state index in [1.807, 2.05) is 36.1 Å². The van der Waals surface area contributed by atoms with E-state index in [-0.39, 0.29) is 17.5 Å². The molecule has 0 saturated carbocycles. The van der Waals surface area contributed by atoms with Gasteiger partial charge in [-0.3, -0.25) is 0 Å². The first-order chi connectivity index (χ1) is 10.9. The average Bonchev–Trinajstić information content (AvgIpc) is 2.83. The minimum Gasteiger partial charge on any atom is -0.385 e. The lowest BCUT2D eigenvalue weighted by Gasteiger charge is -2.31. The van der Waals surface area contributed by atoms with Gasteiger partial charge < -0.3 is 15.0 Å². The van der Waals surface area contributed by atoms with Gasteiger partial charge in [-0.1, -0.05) is 12.1 Å². The Kier molecular flexibility index (Phi) is 6.38. The maximum atomic E-state index is 11.8. The Morgan fingerprint density at radius 3 is 2.87 bits per heavy atom. The lowest BCUT2D eigenvalue weighted by molar-refractivity contribution is 0.181. The van der Waals surface area contributed by atoms with Gasteiger partial charge in [-0.15, -0.1) is 0 Å². The number of ether oxygens (including phenoxy) is 1. The molecule has 1 atom stereocenters. The molecular weight excluding hydrogens is 332 g/mol. The van der Waals surface area contributed by atoms with Gasteiger partial charge in [0.05, 0.1) is 11.5 Å². The quantitative estimate of drug-likeness (QED) is 0.623. The zero-order valence-electron chi connectivity index (χ0n) is 13.6. The molecule has 1 fully saturated rings. The van der Waals surface area contributed by atoms with E-state index in [0.29, 0.717) is 24.7 Å². The van der Waals surface area contributed by atoms with E-state index in [9.17, 15) is 8.42 Å². The summed E-state index contributed by atoms with van der Waals surface area (Å²) in [5.74, 6) is 0.418. The fourth-order valence-electron chi connectivity index (χ4n) is 2.77. The van der Waals surface area contributed by atoms with Crippen molar-refractivity contribution in [2.45, 2.75) is 25.8 Å². The zero-order chi connectivity index (χ0) is 16.9. The number of hydrogen-bond acceptors (Lipinski definition) is 4. The van der Waals surface area contributed by atoms with Gasteiger partial charge in [-0.2, -0.15) is 0 Å². The van der Waals surface area contributed by atoms with Crippen molar-refractivity contribution in [3.05, 3.63) is 29.8 Å². The molecule has 1 N–H and O–H groups in total. The number of benzene rings is 1. The SMILES string of the molecule is COCCCN(C(=S)Nc1cccc(C)c1)[C@@H]1CCS(=O)(=O)C1. The summed E-state index contributed by atoms with van der Waals surface area (Å²) in [5, 5.41) is 3.81. The zero-order valence-corrected chi connectivity index (χ0v) is 15.3. The van der Waals surface area contributed by atoms with Crippen LogP contribution in [0.5, 0.6) is 0 Å². The molecule has 0 amide bonds. The van der Waals surface area contributed by atoms with Crippen LogP contribution in [0.15, 0.2) is 24.3 Å². The molecule has 0 spiro atoms. The highest BCUT2D eigenvalue weighted by Crippen LogP contribution is 2.20. The largest absolute Gasteiger partial charge is 0.385 e. The summed E-state index contributed by atoms with van der Waals surface area (Å²) in [6, 6.07) is 7.91. The van der Waals surface area contributed by atoms with E-state index in [2.05, 4.69) is 5.32 Å². The Morgan fingerprint density at radius 2 is 2.26 bits per heavy atom. The van der Waals surface area contributed by atoms with Gasteiger partial charge in [-0.05, 0) is 49.7 Å². The van der Waals surface area contributed by atoms with Crippen molar-refractivity contribution in [3.63, 3.8) is 0 Å². The number of sulfone groups is 1. The summed E-state index contributed by atoms with van der Waals surface area (Å²) >= 11 is 5.54. The third kappa shape index (κ3) is 5.44.